The SMILES string of the molecule is CCNCCC(=O)N(C)CCc1cccs1. The van der Waals surface area contributed by atoms with E-state index in [2.05, 4.69) is 16.8 Å². The number of hydrogen-bond acceptors (Lipinski definition) is 3. The second-order valence-electron chi connectivity index (χ2n) is 3.75. The summed E-state index contributed by atoms with van der Waals surface area (Å²) in [6, 6.07) is 4.16. The topological polar surface area (TPSA) is 32.3 Å². The van der Waals surface area contributed by atoms with Crippen molar-refractivity contribution in [2.75, 3.05) is 26.7 Å². The zero-order valence-electron chi connectivity index (χ0n) is 10.0. The molecule has 0 bridgehead atoms. The molecule has 4 heteroatoms. The summed E-state index contributed by atoms with van der Waals surface area (Å²) < 4.78 is 0. The average Bonchev–Trinajstić information content (AvgIpc) is 2.79. The standard InChI is InChI=1S/C12H20N2OS/c1-3-13-8-6-12(15)14(2)9-7-11-5-4-10-16-11/h4-5,10,13H,3,6-9H2,1-2H3. The van der Waals surface area contributed by atoms with Crippen LogP contribution < -0.4 is 5.32 Å². The number of hydrogen-bond donors (Lipinski definition) is 1. The van der Waals surface area contributed by atoms with E-state index < -0.39 is 0 Å². The predicted octanol–water partition coefficient (Wildman–Crippen LogP) is 1.75. The Kier molecular flexibility index (Phi) is 6.11. The molecule has 0 aliphatic carbocycles. The van der Waals surface area contributed by atoms with Gasteiger partial charge in [-0.25, -0.2) is 0 Å². The molecule has 1 N–H and O–H groups in total. The van der Waals surface area contributed by atoms with E-state index in [1.807, 2.05) is 24.9 Å². The van der Waals surface area contributed by atoms with Gasteiger partial charge in [0.1, 0.15) is 0 Å². The molecule has 1 rings (SSSR count). The monoisotopic (exact) mass is 240 g/mol. The molecule has 0 aromatic carbocycles. The molecule has 1 aromatic heterocycles. The first-order valence-electron chi connectivity index (χ1n) is 5.71. The Balaban J connectivity index is 2.18. The van der Waals surface area contributed by atoms with Gasteiger partial charge in [0.2, 0.25) is 5.91 Å². The maximum Gasteiger partial charge on any atom is 0.223 e. The summed E-state index contributed by atoms with van der Waals surface area (Å²) in [5.41, 5.74) is 0. The van der Waals surface area contributed by atoms with Gasteiger partial charge >= 0.3 is 0 Å². The van der Waals surface area contributed by atoms with Crippen LogP contribution in [0.5, 0.6) is 0 Å². The number of carbonyl (C=O) groups is 1. The van der Waals surface area contributed by atoms with E-state index in [0.717, 1.165) is 26.1 Å². The van der Waals surface area contributed by atoms with Crippen LogP contribution in [0.3, 0.4) is 0 Å². The lowest BCUT2D eigenvalue weighted by atomic mass is 10.3. The molecule has 16 heavy (non-hydrogen) atoms. The van der Waals surface area contributed by atoms with E-state index in [1.54, 1.807) is 11.3 Å². The van der Waals surface area contributed by atoms with Gasteiger partial charge in [0, 0.05) is 31.4 Å². The highest BCUT2D eigenvalue weighted by molar-refractivity contribution is 7.09. The van der Waals surface area contributed by atoms with E-state index in [9.17, 15) is 4.79 Å². The summed E-state index contributed by atoms with van der Waals surface area (Å²) in [6.45, 7) is 4.56. The van der Waals surface area contributed by atoms with Crippen LogP contribution in [-0.4, -0.2) is 37.5 Å². The number of likely N-dealkylation sites (N-methyl/N-ethyl adjacent to an activating group) is 1. The Labute approximate surface area is 101 Å². The van der Waals surface area contributed by atoms with Crippen LogP contribution in [0.4, 0.5) is 0 Å². The van der Waals surface area contributed by atoms with Crippen molar-refractivity contribution in [1.29, 1.82) is 0 Å². The van der Waals surface area contributed by atoms with Gasteiger partial charge in [0.15, 0.2) is 0 Å². The van der Waals surface area contributed by atoms with E-state index >= 15 is 0 Å². The van der Waals surface area contributed by atoms with Crippen LogP contribution in [0.2, 0.25) is 0 Å². The van der Waals surface area contributed by atoms with Gasteiger partial charge in [-0.3, -0.25) is 4.79 Å². The van der Waals surface area contributed by atoms with E-state index in [4.69, 9.17) is 0 Å². The van der Waals surface area contributed by atoms with Gasteiger partial charge in [0.25, 0.3) is 0 Å². The van der Waals surface area contributed by atoms with Crippen LogP contribution in [0.25, 0.3) is 0 Å². The second-order valence-corrected chi connectivity index (χ2v) is 4.78. The predicted molar refractivity (Wildman–Crippen MR) is 68.8 cm³/mol. The summed E-state index contributed by atoms with van der Waals surface area (Å²) in [5.74, 6) is 0.220. The number of carbonyl (C=O) groups excluding carboxylic acids is 1. The molecule has 1 aromatic rings. The second kappa shape index (κ2) is 7.41. The van der Waals surface area contributed by atoms with Crippen molar-refractivity contribution in [2.24, 2.45) is 0 Å². The minimum Gasteiger partial charge on any atom is -0.345 e. The van der Waals surface area contributed by atoms with E-state index in [1.165, 1.54) is 4.88 Å². The fourth-order valence-electron chi connectivity index (χ4n) is 1.42. The maximum atomic E-state index is 11.7. The highest BCUT2D eigenvalue weighted by Crippen LogP contribution is 2.09. The largest absolute Gasteiger partial charge is 0.345 e. The summed E-state index contributed by atoms with van der Waals surface area (Å²) in [5, 5.41) is 5.23. The van der Waals surface area contributed by atoms with Gasteiger partial charge in [-0.15, -0.1) is 11.3 Å². The van der Waals surface area contributed by atoms with E-state index in [-0.39, 0.29) is 5.91 Å². The highest BCUT2D eigenvalue weighted by Gasteiger charge is 2.07. The van der Waals surface area contributed by atoms with Crippen molar-refractivity contribution in [2.45, 2.75) is 19.8 Å². The summed E-state index contributed by atoms with van der Waals surface area (Å²) in [4.78, 5) is 14.8. The first kappa shape index (κ1) is 13.2. The number of amides is 1. The molecule has 0 fully saturated rings. The fourth-order valence-corrected chi connectivity index (χ4v) is 2.12. The quantitative estimate of drug-likeness (QED) is 0.736. The van der Waals surface area contributed by atoms with Crippen molar-refractivity contribution >= 4 is 17.2 Å². The summed E-state index contributed by atoms with van der Waals surface area (Å²) >= 11 is 1.75. The molecule has 0 unspecified atom stereocenters. The van der Waals surface area contributed by atoms with Crippen LogP contribution in [0, 0.1) is 0 Å². The Morgan fingerprint density at radius 2 is 2.38 bits per heavy atom. The van der Waals surface area contributed by atoms with Crippen molar-refractivity contribution in [3.05, 3.63) is 22.4 Å². The molecule has 90 valence electrons. The van der Waals surface area contributed by atoms with Crippen molar-refractivity contribution in [1.82, 2.24) is 10.2 Å². The minimum atomic E-state index is 0.220. The third kappa shape index (κ3) is 4.77. The lowest BCUT2D eigenvalue weighted by Gasteiger charge is -2.16. The maximum absolute atomic E-state index is 11.7. The van der Waals surface area contributed by atoms with Gasteiger partial charge in [-0.1, -0.05) is 13.0 Å². The third-order valence-electron chi connectivity index (χ3n) is 2.47. The van der Waals surface area contributed by atoms with Crippen LogP contribution in [-0.2, 0) is 11.2 Å². The molecular formula is C12H20N2OS. The van der Waals surface area contributed by atoms with Gasteiger partial charge in [-0.05, 0) is 24.4 Å². The van der Waals surface area contributed by atoms with E-state index in [0.29, 0.717) is 6.42 Å². The lowest BCUT2D eigenvalue weighted by molar-refractivity contribution is -0.129. The molecule has 0 aliphatic heterocycles. The molecule has 1 heterocycles. The minimum absolute atomic E-state index is 0.220. The molecule has 0 spiro atoms. The van der Waals surface area contributed by atoms with Crippen molar-refractivity contribution < 1.29 is 4.79 Å². The Morgan fingerprint density at radius 1 is 1.56 bits per heavy atom. The number of thiophene rings is 1. The molecular weight excluding hydrogens is 220 g/mol. The molecule has 3 nitrogen and oxygen atoms in total. The Bertz CT molecular complexity index is 298. The zero-order valence-corrected chi connectivity index (χ0v) is 10.8. The third-order valence-corrected chi connectivity index (χ3v) is 3.40. The number of nitrogens with one attached hydrogen (secondary N) is 1. The average molecular weight is 240 g/mol. The number of rotatable bonds is 7. The Hall–Kier alpha value is -0.870. The zero-order chi connectivity index (χ0) is 11.8. The van der Waals surface area contributed by atoms with Gasteiger partial charge in [-0.2, -0.15) is 0 Å². The molecule has 0 atom stereocenters. The van der Waals surface area contributed by atoms with Gasteiger partial charge < -0.3 is 10.2 Å². The van der Waals surface area contributed by atoms with Gasteiger partial charge in [0.05, 0.1) is 0 Å². The van der Waals surface area contributed by atoms with Crippen LogP contribution in [0.1, 0.15) is 18.2 Å². The molecule has 0 aliphatic rings. The lowest BCUT2D eigenvalue weighted by Crippen LogP contribution is -2.31. The molecule has 1 amide bonds. The summed E-state index contributed by atoms with van der Waals surface area (Å²) in [6.07, 6.45) is 1.55. The first-order valence-corrected chi connectivity index (χ1v) is 6.59. The fraction of sp³-hybridized carbons (Fsp3) is 0.583. The van der Waals surface area contributed by atoms with Crippen molar-refractivity contribution in [3.8, 4) is 0 Å². The Morgan fingerprint density at radius 3 is 3.00 bits per heavy atom. The van der Waals surface area contributed by atoms with Crippen molar-refractivity contribution in [3.63, 3.8) is 0 Å². The smallest absolute Gasteiger partial charge is 0.223 e. The molecule has 0 radical (unpaired) electrons. The summed E-state index contributed by atoms with van der Waals surface area (Å²) in [7, 11) is 1.88. The first-order chi connectivity index (χ1) is 7.74. The normalized spacial score (nSPS) is 10.4. The van der Waals surface area contributed by atoms with Crippen LogP contribution in [0.15, 0.2) is 17.5 Å². The number of nitrogens with zero attached hydrogens (tertiary/aromatic N) is 1. The molecule has 0 saturated heterocycles. The highest BCUT2D eigenvalue weighted by atomic mass is 32.1. The van der Waals surface area contributed by atoms with Crippen LogP contribution >= 0.6 is 11.3 Å². The molecule has 0 saturated carbocycles.